The van der Waals surface area contributed by atoms with Crippen molar-refractivity contribution in [3.05, 3.63) is 30.1 Å². The van der Waals surface area contributed by atoms with Gasteiger partial charge in [-0.15, -0.1) is 0 Å². The van der Waals surface area contributed by atoms with Gasteiger partial charge >= 0.3 is 0 Å². The molecule has 1 nitrogen and oxygen atoms in total. The molecule has 0 saturated carbocycles. The van der Waals surface area contributed by atoms with Crippen molar-refractivity contribution in [1.29, 1.82) is 0 Å². The zero-order chi connectivity index (χ0) is 19.4. The molecular formula is C26H48N+. The van der Waals surface area contributed by atoms with Gasteiger partial charge in [-0.1, -0.05) is 110 Å². The number of hydrogen-bond acceptors (Lipinski definition) is 0. The van der Waals surface area contributed by atoms with Crippen molar-refractivity contribution in [2.45, 2.75) is 136 Å². The van der Waals surface area contributed by atoms with E-state index in [0.29, 0.717) is 0 Å². The van der Waals surface area contributed by atoms with Gasteiger partial charge in [0.15, 0.2) is 12.4 Å². The van der Waals surface area contributed by atoms with Gasteiger partial charge in [0.2, 0.25) is 0 Å². The van der Waals surface area contributed by atoms with Gasteiger partial charge in [-0.2, -0.15) is 0 Å². The number of nitrogens with zero attached hydrogens (tertiary/aromatic N) is 1. The molecule has 1 aromatic rings. The largest absolute Gasteiger partial charge is 0.205 e. The van der Waals surface area contributed by atoms with Crippen LogP contribution in [-0.2, 0) is 13.0 Å². The molecule has 0 amide bonds. The smallest absolute Gasteiger partial charge is 0.171 e. The van der Waals surface area contributed by atoms with E-state index in [-0.39, 0.29) is 0 Å². The Morgan fingerprint density at radius 3 is 1.56 bits per heavy atom. The van der Waals surface area contributed by atoms with Crippen LogP contribution in [0.1, 0.15) is 129 Å². The van der Waals surface area contributed by atoms with Gasteiger partial charge in [0.25, 0.3) is 0 Å². The summed E-state index contributed by atoms with van der Waals surface area (Å²) < 4.78 is 2.34. The Morgan fingerprint density at radius 1 is 0.593 bits per heavy atom. The summed E-state index contributed by atoms with van der Waals surface area (Å²) in [4.78, 5) is 0. The molecule has 0 unspecified atom stereocenters. The molecule has 0 radical (unpaired) electrons. The number of pyridine rings is 1. The van der Waals surface area contributed by atoms with Crippen LogP contribution in [0.3, 0.4) is 0 Å². The Morgan fingerprint density at radius 2 is 1.07 bits per heavy atom. The fourth-order valence-electron chi connectivity index (χ4n) is 4.00. The van der Waals surface area contributed by atoms with Crippen LogP contribution in [0, 0.1) is 0 Å². The van der Waals surface area contributed by atoms with Crippen molar-refractivity contribution in [2.75, 3.05) is 0 Å². The average molecular weight is 375 g/mol. The fraction of sp³-hybridized carbons (Fsp3) is 0.808. The maximum atomic E-state index is 2.34. The maximum absolute atomic E-state index is 2.34. The van der Waals surface area contributed by atoms with Gasteiger partial charge in [-0.25, -0.2) is 4.57 Å². The summed E-state index contributed by atoms with van der Waals surface area (Å²) in [5.41, 5.74) is 1.51. The minimum absolute atomic E-state index is 1.15. The van der Waals surface area contributed by atoms with Gasteiger partial charge in [-0.3, -0.25) is 0 Å². The molecule has 156 valence electrons. The maximum Gasteiger partial charge on any atom is 0.171 e. The van der Waals surface area contributed by atoms with E-state index in [1.807, 2.05) is 0 Å². The number of aryl methyl sites for hydroxylation is 2. The molecule has 0 aliphatic rings. The van der Waals surface area contributed by atoms with E-state index in [0.717, 1.165) is 6.54 Å². The van der Waals surface area contributed by atoms with E-state index in [1.54, 1.807) is 0 Å². The standard InChI is InChI=1S/C26H48N/c1-3-5-6-7-8-9-10-11-12-13-14-15-16-17-18-19-21-26-22-20-24-27(25-26)23-4-2/h20,22,24-25H,3-19,21,23H2,1-2H3/q+1. The first-order valence-corrected chi connectivity index (χ1v) is 12.3. The molecule has 1 heterocycles. The third-order valence-corrected chi connectivity index (χ3v) is 5.72. The quantitative estimate of drug-likeness (QED) is 0.170. The molecule has 0 atom stereocenters. The molecule has 0 N–H and O–H groups in total. The number of aromatic nitrogens is 1. The lowest BCUT2D eigenvalue weighted by atomic mass is 10.0. The third-order valence-electron chi connectivity index (χ3n) is 5.72. The van der Waals surface area contributed by atoms with E-state index in [2.05, 4.69) is 42.9 Å². The highest BCUT2D eigenvalue weighted by Gasteiger charge is 2.01. The lowest BCUT2D eigenvalue weighted by Crippen LogP contribution is -2.32. The van der Waals surface area contributed by atoms with Crippen molar-refractivity contribution in [3.63, 3.8) is 0 Å². The van der Waals surface area contributed by atoms with Gasteiger partial charge in [0.05, 0.1) is 0 Å². The number of unbranched alkanes of at least 4 members (excludes halogenated alkanes) is 15. The second kappa shape index (κ2) is 18.5. The Balaban J connectivity index is 1.81. The van der Waals surface area contributed by atoms with Crippen LogP contribution >= 0.6 is 0 Å². The molecule has 0 spiro atoms. The molecule has 0 aliphatic heterocycles. The van der Waals surface area contributed by atoms with Gasteiger partial charge in [0.1, 0.15) is 6.54 Å². The highest BCUT2D eigenvalue weighted by atomic mass is 14.9. The molecule has 1 rings (SSSR count). The second-order valence-electron chi connectivity index (χ2n) is 8.50. The average Bonchev–Trinajstić information content (AvgIpc) is 2.68. The summed E-state index contributed by atoms with van der Waals surface area (Å²) in [5.74, 6) is 0. The van der Waals surface area contributed by atoms with Gasteiger partial charge in [0, 0.05) is 18.1 Å². The summed E-state index contributed by atoms with van der Waals surface area (Å²) in [7, 11) is 0. The summed E-state index contributed by atoms with van der Waals surface area (Å²) in [6.07, 6.45) is 30.1. The van der Waals surface area contributed by atoms with Crippen LogP contribution < -0.4 is 4.57 Å². The summed E-state index contributed by atoms with van der Waals surface area (Å²) in [6, 6.07) is 4.49. The first kappa shape index (κ1) is 24.2. The fourth-order valence-corrected chi connectivity index (χ4v) is 4.00. The van der Waals surface area contributed by atoms with E-state index in [9.17, 15) is 0 Å². The van der Waals surface area contributed by atoms with Gasteiger partial charge < -0.3 is 0 Å². The molecular weight excluding hydrogens is 326 g/mol. The normalized spacial score (nSPS) is 11.2. The molecule has 0 bridgehead atoms. The lowest BCUT2D eigenvalue weighted by Gasteiger charge is -2.04. The Hall–Kier alpha value is -0.850. The van der Waals surface area contributed by atoms with E-state index >= 15 is 0 Å². The van der Waals surface area contributed by atoms with Crippen LogP contribution in [0.15, 0.2) is 24.5 Å². The molecule has 27 heavy (non-hydrogen) atoms. The number of hydrogen-bond donors (Lipinski definition) is 0. The molecule has 0 aliphatic carbocycles. The van der Waals surface area contributed by atoms with E-state index in [1.165, 1.54) is 121 Å². The van der Waals surface area contributed by atoms with Crippen molar-refractivity contribution < 1.29 is 4.57 Å². The predicted octanol–water partition coefficient (Wildman–Crippen LogP) is 8.19. The van der Waals surface area contributed by atoms with Crippen molar-refractivity contribution in [1.82, 2.24) is 0 Å². The van der Waals surface area contributed by atoms with E-state index in [4.69, 9.17) is 0 Å². The minimum atomic E-state index is 1.15. The minimum Gasteiger partial charge on any atom is -0.205 e. The zero-order valence-electron chi connectivity index (χ0n) is 18.7. The second-order valence-corrected chi connectivity index (χ2v) is 8.50. The zero-order valence-corrected chi connectivity index (χ0v) is 18.7. The monoisotopic (exact) mass is 374 g/mol. The Labute approximate surface area is 171 Å². The van der Waals surface area contributed by atoms with Crippen LogP contribution in [0.25, 0.3) is 0 Å². The molecule has 0 aromatic carbocycles. The highest BCUT2D eigenvalue weighted by molar-refractivity contribution is 5.05. The summed E-state index contributed by atoms with van der Waals surface area (Å²) in [5, 5.41) is 0. The topological polar surface area (TPSA) is 3.88 Å². The van der Waals surface area contributed by atoms with Crippen molar-refractivity contribution >= 4 is 0 Å². The van der Waals surface area contributed by atoms with Gasteiger partial charge in [-0.05, 0) is 18.9 Å². The van der Waals surface area contributed by atoms with Crippen LogP contribution in [0.2, 0.25) is 0 Å². The van der Waals surface area contributed by atoms with Crippen molar-refractivity contribution in [3.8, 4) is 0 Å². The molecule has 1 heteroatoms. The summed E-state index contributed by atoms with van der Waals surface area (Å²) in [6.45, 7) is 5.69. The summed E-state index contributed by atoms with van der Waals surface area (Å²) >= 11 is 0. The lowest BCUT2D eigenvalue weighted by molar-refractivity contribution is -0.697. The van der Waals surface area contributed by atoms with Crippen LogP contribution in [-0.4, -0.2) is 0 Å². The molecule has 1 aromatic heterocycles. The molecule has 0 fully saturated rings. The number of rotatable bonds is 19. The predicted molar refractivity (Wildman–Crippen MR) is 120 cm³/mol. The SMILES string of the molecule is CCCCCCCCCCCCCCCCCCc1ccc[n+](CCC)c1. The van der Waals surface area contributed by atoms with E-state index < -0.39 is 0 Å². The Kier molecular flexibility index (Phi) is 16.6. The van der Waals surface area contributed by atoms with Crippen LogP contribution in [0.5, 0.6) is 0 Å². The highest BCUT2D eigenvalue weighted by Crippen LogP contribution is 2.14. The third kappa shape index (κ3) is 14.8. The van der Waals surface area contributed by atoms with Crippen LogP contribution in [0.4, 0.5) is 0 Å². The molecule has 0 saturated heterocycles. The first-order chi connectivity index (χ1) is 13.4. The van der Waals surface area contributed by atoms with Crippen molar-refractivity contribution in [2.24, 2.45) is 0 Å². The first-order valence-electron chi connectivity index (χ1n) is 12.3. The Bertz CT molecular complexity index is 426.